The summed E-state index contributed by atoms with van der Waals surface area (Å²) in [6, 6.07) is 0. The summed E-state index contributed by atoms with van der Waals surface area (Å²) in [4.78, 5) is 18.1. The zero-order chi connectivity index (χ0) is 10.7. The van der Waals surface area contributed by atoms with Crippen molar-refractivity contribution in [3.05, 3.63) is 5.82 Å². The number of nitrogen functional groups attached to an aromatic ring is 1. The van der Waals surface area contributed by atoms with Crippen molar-refractivity contribution < 1.29 is 14.3 Å². The standard InChI is InChI=1S/C7H8ClN3O3/c1-13-6-3(9)7(14-2)11-5(10-6)4(8)12/h9H2,1-2H3. The van der Waals surface area contributed by atoms with Gasteiger partial charge < -0.3 is 15.2 Å². The zero-order valence-electron chi connectivity index (χ0n) is 7.57. The third-order valence-corrected chi connectivity index (χ3v) is 1.61. The predicted molar refractivity (Wildman–Crippen MR) is 49.7 cm³/mol. The Kier molecular flexibility index (Phi) is 3.08. The topological polar surface area (TPSA) is 87.3 Å². The fourth-order valence-corrected chi connectivity index (χ4v) is 0.913. The van der Waals surface area contributed by atoms with Crippen LogP contribution in [-0.4, -0.2) is 29.4 Å². The lowest BCUT2D eigenvalue weighted by atomic mass is 10.4. The number of ether oxygens (including phenoxy) is 2. The van der Waals surface area contributed by atoms with Gasteiger partial charge in [-0.1, -0.05) is 0 Å². The highest BCUT2D eigenvalue weighted by atomic mass is 35.5. The van der Waals surface area contributed by atoms with Crippen LogP contribution in [0.2, 0.25) is 0 Å². The maximum absolute atomic E-state index is 10.8. The van der Waals surface area contributed by atoms with Crippen LogP contribution in [0.3, 0.4) is 0 Å². The van der Waals surface area contributed by atoms with E-state index in [1.54, 1.807) is 0 Å². The van der Waals surface area contributed by atoms with Gasteiger partial charge in [-0.25, -0.2) is 0 Å². The molecule has 0 unspecified atom stereocenters. The van der Waals surface area contributed by atoms with Crippen LogP contribution in [-0.2, 0) is 0 Å². The van der Waals surface area contributed by atoms with E-state index in [1.165, 1.54) is 14.2 Å². The van der Waals surface area contributed by atoms with Gasteiger partial charge in [-0.05, 0) is 11.6 Å². The Morgan fingerprint density at radius 2 is 1.71 bits per heavy atom. The average Bonchev–Trinajstić information content (AvgIpc) is 2.17. The molecule has 7 heteroatoms. The van der Waals surface area contributed by atoms with E-state index in [1.807, 2.05) is 0 Å². The number of carbonyl (C=O) groups excluding carboxylic acids is 1. The molecule has 0 saturated heterocycles. The lowest BCUT2D eigenvalue weighted by Gasteiger charge is -2.07. The van der Waals surface area contributed by atoms with Gasteiger partial charge in [0.15, 0.2) is 5.69 Å². The second kappa shape index (κ2) is 4.10. The number of anilines is 1. The van der Waals surface area contributed by atoms with Gasteiger partial charge >= 0.3 is 0 Å². The lowest BCUT2D eigenvalue weighted by molar-refractivity contribution is 0.107. The summed E-state index contributed by atoms with van der Waals surface area (Å²) >= 11 is 5.20. The van der Waals surface area contributed by atoms with Crippen LogP contribution in [0.1, 0.15) is 10.6 Å². The molecule has 1 rings (SSSR count). The van der Waals surface area contributed by atoms with Gasteiger partial charge in [0, 0.05) is 0 Å². The van der Waals surface area contributed by atoms with Gasteiger partial charge in [-0.3, -0.25) is 4.79 Å². The van der Waals surface area contributed by atoms with Gasteiger partial charge in [0.05, 0.1) is 14.2 Å². The third kappa shape index (κ3) is 1.85. The second-order valence-corrected chi connectivity index (χ2v) is 2.60. The van der Waals surface area contributed by atoms with E-state index >= 15 is 0 Å². The van der Waals surface area contributed by atoms with Crippen molar-refractivity contribution in [1.82, 2.24) is 9.97 Å². The monoisotopic (exact) mass is 217 g/mol. The minimum Gasteiger partial charge on any atom is -0.479 e. The van der Waals surface area contributed by atoms with Crippen LogP contribution in [0.25, 0.3) is 0 Å². The minimum atomic E-state index is -0.804. The molecule has 0 atom stereocenters. The number of aromatic nitrogens is 2. The molecule has 0 aliphatic rings. The molecule has 0 saturated carbocycles. The molecule has 6 nitrogen and oxygen atoms in total. The van der Waals surface area contributed by atoms with Crippen LogP contribution in [0.4, 0.5) is 5.69 Å². The molecular formula is C7H8ClN3O3. The van der Waals surface area contributed by atoms with Gasteiger partial charge in [0.25, 0.3) is 5.24 Å². The number of halogens is 1. The number of hydrogen-bond donors (Lipinski definition) is 1. The Hall–Kier alpha value is -1.56. The first-order valence-corrected chi connectivity index (χ1v) is 3.93. The van der Waals surface area contributed by atoms with E-state index < -0.39 is 5.24 Å². The summed E-state index contributed by atoms with van der Waals surface area (Å²) in [5.74, 6) is -0.101. The maximum atomic E-state index is 10.8. The van der Waals surface area contributed by atoms with E-state index in [-0.39, 0.29) is 23.3 Å². The van der Waals surface area contributed by atoms with Crippen LogP contribution >= 0.6 is 11.6 Å². The van der Waals surface area contributed by atoms with E-state index in [0.717, 1.165) is 0 Å². The van der Waals surface area contributed by atoms with Crippen LogP contribution in [0.5, 0.6) is 11.8 Å². The Morgan fingerprint density at radius 3 is 2.00 bits per heavy atom. The zero-order valence-corrected chi connectivity index (χ0v) is 8.33. The molecule has 1 aromatic rings. The SMILES string of the molecule is COc1nc(C(=O)Cl)nc(OC)c1N. The second-order valence-electron chi connectivity index (χ2n) is 2.25. The van der Waals surface area contributed by atoms with Crippen molar-refractivity contribution in [2.24, 2.45) is 0 Å². The number of rotatable bonds is 3. The number of nitrogens with two attached hydrogens (primary N) is 1. The first-order chi connectivity index (χ1) is 6.60. The van der Waals surface area contributed by atoms with Gasteiger partial charge in [0.1, 0.15) is 0 Å². The fourth-order valence-electron chi connectivity index (χ4n) is 0.828. The molecule has 0 bridgehead atoms. The molecule has 76 valence electrons. The summed E-state index contributed by atoms with van der Waals surface area (Å²) in [5, 5.41) is -0.804. The molecule has 0 spiro atoms. The third-order valence-electron chi connectivity index (χ3n) is 1.44. The summed E-state index contributed by atoms with van der Waals surface area (Å²) in [6.07, 6.45) is 0. The molecule has 0 amide bonds. The number of methoxy groups -OCH3 is 2. The Balaban J connectivity index is 3.32. The molecule has 2 N–H and O–H groups in total. The minimum absolute atomic E-state index is 0.0563. The molecule has 1 heterocycles. The van der Waals surface area contributed by atoms with E-state index in [9.17, 15) is 4.79 Å². The Morgan fingerprint density at radius 1 is 1.29 bits per heavy atom. The van der Waals surface area contributed by atoms with Crippen LogP contribution in [0.15, 0.2) is 0 Å². The molecular weight excluding hydrogens is 210 g/mol. The van der Waals surface area contributed by atoms with Crippen molar-refractivity contribution in [1.29, 1.82) is 0 Å². The fraction of sp³-hybridized carbons (Fsp3) is 0.286. The molecule has 0 aliphatic heterocycles. The molecule has 14 heavy (non-hydrogen) atoms. The van der Waals surface area contributed by atoms with Crippen molar-refractivity contribution in [3.63, 3.8) is 0 Å². The smallest absolute Gasteiger partial charge is 0.290 e. The molecule has 0 radical (unpaired) electrons. The Bertz CT molecular complexity index is 344. The number of nitrogens with zero attached hydrogens (tertiary/aromatic N) is 2. The van der Waals surface area contributed by atoms with Gasteiger partial charge in [-0.2, -0.15) is 9.97 Å². The summed E-state index contributed by atoms with van der Waals surface area (Å²) in [6.45, 7) is 0. The highest BCUT2D eigenvalue weighted by Gasteiger charge is 2.16. The first kappa shape index (κ1) is 10.5. The quantitative estimate of drug-likeness (QED) is 0.740. The van der Waals surface area contributed by atoms with Gasteiger partial charge in [0.2, 0.25) is 17.6 Å². The van der Waals surface area contributed by atoms with E-state index in [0.29, 0.717) is 0 Å². The lowest BCUT2D eigenvalue weighted by Crippen LogP contribution is -2.07. The van der Waals surface area contributed by atoms with Crippen molar-refractivity contribution in [2.75, 3.05) is 20.0 Å². The summed E-state index contributed by atoms with van der Waals surface area (Å²) in [7, 11) is 2.72. The largest absolute Gasteiger partial charge is 0.479 e. The summed E-state index contributed by atoms with van der Waals surface area (Å²) < 4.78 is 9.62. The highest BCUT2D eigenvalue weighted by Crippen LogP contribution is 2.27. The molecule has 0 aromatic carbocycles. The number of hydrogen-bond acceptors (Lipinski definition) is 6. The molecule has 0 aliphatic carbocycles. The van der Waals surface area contributed by atoms with Crippen LogP contribution in [0, 0.1) is 0 Å². The Labute approximate surface area is 85.0 Å². The summed E-state index contributed by atoms with van der Waals surface area (Å²) in [5.41, 5.74) is 5.67. The average molecular weight is 218 g/mol. The molecule has 1 aromatic heterocycles. The highest BCUT2D eigenvalue weighted by molar-refractivity contribution is 6.67. The van der Waals surface area contributed by atoms with Crippen LogP contribution < -0.4 is 15.2 Å². The van der Waals surface area contributed by atoms with Gasteiger partial charge in [-0.15, -0.1) is 0 Å². The first-order valence-electron chi connectivity index (χ1n) is 3.55. The normalized spacial score (nSPS) is 9.64. The number of carbonyl (C=O) groups is 1. The van der Waals surface area contributed by atoms with Crippen molar-refractivity contribution >= 4 is 22.5 Å². The predicted octanol–water partition coefficient (Wildman–Crippen LogP) is 0.455. The molecule has 0 fully saturated rings. The van der Waals surface area contributed by atoms with E-state index in [2.05, 4.69) is 9.97 Å². The van der Waals surface area contributed by atoms with Crippen molar-refractivity contribution in [3.8, 4) is 11.8 Å². The van der Waals surface area contributed by atoms with E-state index in [4.69, 9.17) is 26.8 Å². The van der Waals surface area contributed by atoms with Crippen molar-refractivity contribution in [2.45, 2.75) is 0 Å². The maximum Gasteiger partial charge on any atom is 0.290 e.